The number of nitro groups is 1. The maximum absolute atomic E-state index is 12.2. The Bertz CT molecular complexity index is 763. The van der Waals surface area contributed by atoms with Gasteiger partial charge in [0.25, 0.3) is 5.69 Å². The zero-order valence-corrected chi connectivity index (χ0v) is 12.8. The van der Waals surface area contributed by atoms with Crippen LogP contribution in [-0.4, -0.2) is 28.1 Å². The molecule has 0 radical (unpaired) electrons. The Morgan fingerprint density at radius 1 is 1.17 bits per heavy atom. The van der Waals surface area contributed by atoms with Gasteiger partial charge in [0.2, 0.25) is 0 Å². The van der Waals surface area contributed by atoms with Crippen LogP contribution in [0.25, 0.3) is 0 Å². The van der Waals surface area contributed by atoms with Crippen LogP contribution in [0.2, 0.25) is 10.0 Å². The summed E-state index contributed by atoms with van der Waals surface area (Å²) in [4.78, 5) is 22.4. The third kappa shape index (κ3) is 3.80. The Morgan fingerprint density at radius 3 is 2.30 bits per heavy atom. The van der Waals surface area contributed by atoms with Crippen molar-refractivity contribution in [2.45, 2.75) is 0 Å². The molecule has 0 atom stereocenters. The number of hydrogen-bond acceptors (Lipinski definition) is 6. The van der Waals surface area contributed by atoms with Gasteiger partial charge in [0.1, 0.15) is 5.56 Å². The largest absolute Gasteiger partial charge is 0.488 e. The van der Waals surface area contributed by atoms with Crippen molar-refractivity contribution >= 4 is 47.4 Å². The van der Waals surface area contributed by atoms with Gasteiger partial charge in [-0.25, -0.2) is 4.79 Å². The van der Waals surface area contributed by atoms with E-state index in [0.29, 0.717) is 0 Å². The first kappa shape index (κ1) is 17.2. The third-order valence-corrected chi connectivity index (χ3v) is 3.44. The fourth-order valence-electron chi connectivity index (χ4n) is 1.76. The van der Waals surface area contributed by atoms with Crippen LogP contribution in [0.1, 0.15) is 10.4 Å². The molecule has 7 nitrogen and oxygen atoms in total. The minimum absolute atomic E-state index is 0.0480. The molecule has 2 rings (SSSR count). The molecule has 0 unspecified atom stereocenters. The lowest BCUT2D eigenvalue weighted by molar-refractivity contribution is -0.385. The van der Waals surface area contributed by atoms with Gasteiger partial charge in [0, 0.05) is 6.07 Å². The summed E-state index contributed by atoms with van der Waals surface area (Å²) in [7, 11) is -1.90. The molecule has 0 aliphatic carbocycles. The number of nitro benzene ring substituents is 1. The maximum Gasteiger partial charge on any atom is 0.488 e. The van der Waals surface area contributed by atoms with E-state index in [-0.39, 0.29) is 21.3 Å². The molecule has 0 fully saturated rings. The highest BCUT2D eigenvalue weighted by Crippen LogP contribution is 2.33. The van der Waals surface area contributed by atoms with Crippen molar-refractivity contribution < 1.29 is 24.5 Å². The fraction of sp³-hybridized carbons (Fsp3) is 0. The van der Waals surface area contributed by atoms with Crippen molar-refractivity contribution in [2.75, 3.05) is 0 Å². The molecular formula is C13H8BCl2NO6. The van der Waals surface area contributed by atoms with E-state index in [9.17, 15) is 14.9 Å². The van der Waals surface area contributed by atoms with Crippen molar-refractivity contribution in [3.63, 3.8) is 0 Å². The van der Waals surface area contributed by atoms with Crippen LogP contribution in [0.3, 0.4) is 0 Å². The van der Waals surface area contributed by atoms with Crippen LogP contribution in [0, 0.1) is 10.1 Å². The number of nitrogens with zero attached hydrogens (tertiary/aromatic N) is 1. The summed E-state index contributed by atoms with van der Waals surface area (Å²) in [6.45, 7) is 0. The molecule has 0 amide bonds. The lowest BCUT2D eigenvalue weighted by Gasteiger charge is -2.09. The van der Waals surface area contributed by atoms with Gasteiger partial charge in [-0.1, -0.05) is 35.3 Å². The molecule has 0 saturated heterocycles. The molecule has 0 aliphatic rings. The highest BCUT2D eigenvalue weighted by molar-refractivity contribution is 6.58. The molecule has 2 N–H and O–H groups in total. The second-order valence-electron chi connectivity index (χ2n) is 4.35. The van der Waals surface area contributed by atoms with Crippen molar-refractivity contribution in [1.82, 2.24) is 0 Å². The summed E-state index contributed by atoms with van der Waals surface area (Å²) in [6, 6.07) is 7.43. The molecule has 118 valence electrons. The van der Waals surface area contributed by atoms with Crippen LogP contribution in [0.15, 0.2) is 36.4 Å². The van der Waals surface area contributed by atoms with E-state index in [1.165, 1.54) is 18.2 Å². The number of para-hydroxylation sites is 1. The summed E-state index contributed by atoms with van der Waals surface area (Å²) in [5.41, 5.74) is -1.12. The van der Waals surface area contributed by atoms with Crippen molar-refractivity contribution in [1.29, 1.82) is 0 Å². The predicted octanol–water partition coefficient (Wildman–Crippen LogP) is 1.80. The minimum Gasteiger partial charge on any atom is -0.423 e. The van der Waals surface area contributed by atoms with Crippen molar-refractivity contribution in [2.24, 2.45) is 0 Å². The van der Waals surface area contributed by atoms with E-state index in [4.69, 9.17) is 38.0 Å². The summed E-state index contributed by atoms with van der Waals surface area (Å²) < 4.78 is 5.02. The molecule has 2 aromatic carbocycles. The first-order valence-electron chi connectivity index (χ1n) is 6.12. The Kier molecular flexibility index (Phi) is 5.22. The number of rotatable bonds is 4. The van der Waals surface area contributed by atoms with Gasteiger partial charge in [-0.05, 0) is 23.7 Å². The third-order valence-electron chi connectivity index (χ3n) is 2.85. The number of benzene rings is 2. The van der Waals surface area contributed by atoms with E-state index in [1.807, 2.05) is 0 Å². The van der Waals surface area contributed by atoms with Crippen molar-refractivity contribution in [3.05, 3.63) is 62.1 Å². The van der Waals surface area contributed by atoms with E-state index in [1.54, 1.807) is 0 Å². The molecule has 0 heterocycles. The second kappa shape index (κ2) is 6.97. The maximum atomic E-state index is 12.2. The lowest BCUT2D eigenvalue weighted by Crippen LogP contribution is -2.31. The number of esters is 1. The van der Waals surface area contributed by atoms with Gasteiger partial charge in [-0.3, -0.25) is 10.1 Å². The second-order valence-corrected chi connectivity index (χ2v) is 5.16. The average molecular weight is 356 g/mol. The monoisotopic (exact) mass is 355 g/mol. The Morgan fingerprint density at radius 2 is 1.78 bits per heavy atom. The van der Waals surface area contributed by atoms with Gasteiger partial charge in [-0.2, -0.15) is 0 Å². The van der Waals surface area contributed by atoms with Crippen LogP contribution in [0.5, 0.6) is 5.75 Å². The Labute approximate surface area is 140 Å². The standard InChI is InChI=1S/C13H8BCl2NO6/c15-9-2-1-3-10(16)12(9)23-13(18)8-6-7(14(19)20)4-5-11(8)17(21)22/h1-6,19-20H. The molecule has 23 heavy (non-hydrogen) atoms. The fourth-order valence-corrected chi connectivity index (χ4v) is 2.24. The number of halogens is 2. The summed E-state index contributed by atoms with van der Waals surface area (Å²) in [6.07, 6.45) is 0. The smallest absolute Gasteiger partial charge is 0.423 e. The topological polar surface area (TPSA) is 110 Å². The molecule has 0 saturated carbocycles. The summed E-state index contributed by atoms with van der Waals surface area (Å²) in [5.74, 6) is -1.25. The molecular weight excluding hydrogens is 348 g/mol. The van der Waals surface area contributed by atoms with Gasteiger partial charge >= 0.3 is 13.1 Å². The molecule has 2 aromatic rings. The Balaban J connectivity index is 2.45. The van der Waals surface area contributed by atoms with Gasteiger partial charge < -0.3 is 14.8 Å². The van der Waals surface area contributed by atoms with Crippen LogP contribution in [0.4, 0.5) is 5.69 Å². The van der Waals surface area contributed by atoms with Gasteiger partial charge in [0.05, 0.1) is 15.0 Å². The zero-order valence-electron chi connectivity index (χ0n) is 11.3. The summed E-state index contributed by atoms with van der Waals surface area (Å²) >= 11 is 11.7. The molecule has 10 heteroatoms. The first-order valence-corrected chi connectivity index (χ1v) is 6.87. The number of ether oxygens (including phenoxy) is 1. The Hall–Kier alpha value is -2.13. The van der Waals surface area contributed by atoms with Crippen molar-refractivity contribution in [3.8, 4) is 5.75 Å². The zero-order chi connectivity index (χ0) is 17.1. The van der Waals surface area contributed by atoms with E-state index >= 15 is 0 Å². The average Bonchev–Trinajstić information content (AvgIpc) is 2.50. The van der Waals surface area contributed by atoms with Gasteiger partial charge in [-0.15, -0.1) is 0 Å². The van der Waals surface area contributed by atoms with Gasteiger partial charge in [0.15, 0.2) is 5.75 Å². The number of carbonyl (C=O) groups excluding carboxylic acids is 1. The van der Waals surface area contributed by atoms with Crippen LogP contribution < -0.4 is 10.2 Å². The quantitative estimate of drug-likeness (QED) is 0.284. The van der Waals surface area contributed by atoms with Crippen LogP contribution >= 0.6 is 23.2 Å². The first-order chi connectivity index (χ1) is 10.8. The van der Waals surface area contributed by atoms with E-state index in [0.717, 1.165) is 18.2 Å². The SMILES string of the molecule is O=C(Oc1c(Cl)cccc1Cl)c1cc(B(O)O)ccc1[N+](=O)[O-]. The predicted molar refractivity (Wildman–Crippen MR) is 84.3 cm³/mol. The molecule has 0 spiro atoms. The molecule has 0 aromatic heterocycles. The van der Waals surface area contributed by atoms with E-state index in [2.05, 4.69) is 0 Å². The van der Waals surface area contributed by atoms with Crippen LogP contribution in [-0.2, 0) is 0 Å². The normalized spacial score (nSPS) is 10.3. The molecule has 0 bridgehead atoms. The number of hydrogen-bond donors (Lipinski definition) is 2. The lowest BCUT2D eigenvalue weighted by atomic mass is 9.79. The highest BCUT2D eigenvalue weighted by Gasteiger charge is 2.26. The highest BCUT2D eigenvalue weighted by atomic mass is 35.5. The minimum atomic E-state index is -1.90. The molecule has 0 aliphatic heterocycles. The summed E-state index contributed by atoms with van der Waals surface area (Å²) in [5, 5.41) is 29.4. The number of carbonyl (C=O) groups is 1. The van der Waals surface area contributed by atoms with E-state index < -0.39 is 29.3 Å².